The zero-order valence-electron chi connectivity index (χ0n) is 8.83. The molecular weight excluding hydrogens is 176 g/mol. The first-order chi connectivity index (χ1) is 6.76. The molecule has 0 amide bonds. The molecule has 3 nitrogen and oxygen atoms in total. The zero-order chi connectivity index (χ0) is 10.4. The molecule has 1 rings (SSSR count). The van der Waals surface area contributed by atoms with Crippen LogP contribution in [0.25, 0.3) is 0 Å². The van der Waals surface area contributed by atoms with Crippen molar-refractivity contribution in [1.82, 2.24) is 10.3 Å². The maximum atomic E-state index is 8.97. The third-order valence-electron chi connectivity index (χ3n) is 2.28. The van der Waals surface area contributed by atoms with Crippen molar-refractivity contribution in [2.75, 3.05) is 6.61 Å². The Morgan fingerprint density at radius 2 is 2.29 bits per heavy atom. The molecule has 0 aliphatic carbocycles. The van der Waals surface area contributed by atoms with Gasteiger partial charge in [-0.15, -0.1) is 0 Å². The lowest BCUT2D eigenvalue weighted by Crippen LogP contribution is -2.31. The van der Waals surface area contributed by atoms with E-state index in [4.69, 9.17) is 5.11 Å². The predicted molar refractivity (Wildman–Crippen MR) is 57.0 cm³/mol. The topological polar surface area (TPSA) is 45.1 Å². The Kier molecular flexibility index (Phi) is 4.56. The summed E-state index contributed by atoms with van der Waals surface area (Å²) in [5, 5.41) is 12.2. The Hall–Kier alpha value is -0.930. The highest BCUT2D eigenvalue weighted by molar-refractivity contribution is 5.12. The molecule has 1 aromatic rings. The quantitative estimate of drug-likeness (QED) is 0.741. The molecule has 2 N–H and O–H groups in total. The molecule has 0 spiro atoms. The summed E-state index contributed by atoms with van der Waals surface area (Å²) in [6.45, 7) is 4.99. The van der Waals surface area contributed by atoms with E-state index in [0.29, 0.717) is 0 Å². The second-order valence-electron chi connectivity index (χ2n) is 3.48. The average molecular weight is 194 g/mol. The van der Waals surface area contributed by atoms with Crippen molar-refractivity contribution in [2.45, 2.75) is 32.9 Å². The molecule has 0 saturated heterocycles. The van der Waals surface area contributed by atoms with Crippen molar-refractivity contribution in [3.05, 3.63) is 29.6 Å². The van der Waals surface area contributed by atoms with Crippen molar-refractivity contribution in [3.8, 4) is 0 Å². The summed E-state index contributed by atoms with van der Waals surface area (Å²) in [6, 6.07) is 4.24. The molecule has 0 radical (unpaired) electrons. The van der Waals surface area contributed by atoms with Crippen molar-refractivity contribution in [2.24, 2.45) is 0 Å². The molecular formula is C11H18N2O. The number of hydrogen-bond donors (Lipinski definition) is 2. The summed E-state index contributed by atoms with van der Waals surface area (Å²) in [6.07, 6.45) is 2.81. The maximum Gasteiger partial charge on any atom is 0.0584 e. The maximum absolute atomic E-state index is 8.97. The number of rotatable bonds is 5. The molecule has 0 bridgehead atoms. The van der Waals surface area contributed by atoms with Gasteiger partial charge in [0, 0.05) is 24.5 Å². The minimum Gasteiger partial charge on any atom is -0.395 e. The largest absolute Gasteiger partial charge is 0.395 e. The Morgan fingerprint density at radius 1 is 1.50 bits per heavy atom. The Balaban J connectivity index is 2.41. The third kappa shape index (κ3) is 3.44. The summed E-state index contributed by atoms with van der Waals surface area (Å²) in [7, 11) is 0. The second kappa shape index (κ2) is 5.73. The van der Waals surface area contributed by atoms with Crippen molar-refractivity contribution in [1.29, 1.82) is 0 Å². The molecule has 0 aromatic carbocycles. The van der Waals surface area contributed by atoms with Crippen LogP contribution < -0.4 is 5.32 Å². The normalized spacial score (nSPS) is 12.8. The van der Waals surface area contributed by atoms with Crippen LogP contribution in [-0.2, 0) is 6.54 Å². The van der Waals surface area contributed by atoms with Crippen LogP contribution in [0, 0.1) is 6.92 Å². The first-order valence-electron chi connectivity index (χ1n) is 5.02. The molecule has 0 aliphatic heterocycles. The van der Waals surface area contributed by atoms with Crippen LogP contribution >= 0.6 is 0 Å². The number of hydrogen-bond acceptors (Lipinski definition) is 3. The van der Waals surface area contributed by atoms with E-state index in [1.165, 1.54) is 0 Å². The van der Waals surface area contributed by atoms with Crippen LogP contribution in [0.3, 0.4) is 0 Å². The number of nitrogens with zero attached hydrogens (tertiary/aromatic N) is 1. The van der Waals surface area contributed by atoms with E-state index in [2.05, 4.69) is 23.3 Å². The number of nitrogens with one attached hydrogen (secondary N) is 1. The van der Waals surface area contributed by atoms with Crippen molar-refractivity contribution < 1.29 is 5.11 Å². The smallest absolute Gasteiger partial charge is 0.0584 e. The Bertz CT molecular complexity index is 254. The first kappa shape index (κ1) is 11.1. The van der Waals surface area contributed by atoms with Gasteiger partial charge < -0.3 is 10.4 Å². The number of aromatic nitrogens is 1. The van der Waals surface area contributed by atoms with E-state index in [0.717, 1.165) is 24.2 Å². The van der Waals surface area contributed by atoms with Gasteiger partial charge in [0.15, 0.2) is 0 Å². The number of aliphatic hydroxyl groups is 1. The highest BCUT2D eigenvalue weighted by Crippen LogP contribution is 2.00. The van der Waals surface area contributed by atoms with Crippen molar-refractivity contribution >= 4 is 0 Å². The summed E-state index contributed by atoms with van der Waals surface area (Å²) >= 11 is 0. The fourth-order valence-electron chi connectivity index (χ4n) is 1.20. The summed E-state index contributed by atoms with van der Waals surface area (Å²) < 4.78 is 0. The van der Waals surface area contributed by atoms with Gasteiger partial charge in [0.1, 0.15) is 0 Å². The van der Waals surface area contributed by atoms with Crippen LogP contribution in [0.5, 0.6) is 0 Å². The van der Waals surface area contributed by atoms with Gasteiger partial charge in [0.05, 0.1) is 6.61 Å². The molecule has 0 aliphatic rings. The van der Waals surface area contributed by atoms with E-state index < -0.39 is 0 Å². The number of aliphatic hydroxyl groups excluding tert-OH is 1. The molecule has 0 saturated carbocycles. The molecule has 1 aromatic heterocycles. The number of aryl methyl sites for hydroxylation is 1. The van der Waals surface area contributed by atoms with Gasteiger partial charge in [0.2, 0.25) is 0 Å². The van der Waals surface area contributed by atoms with Gasteiger partial charge in [-0.1, -0.05) is 13.0 Å². The van der Waals surface area contributed by atoms with E-state index >= 15 is 0 Å². The molecule has 78 valence electrons. The van der Waals surface area contributed by atoms with E-state index in [1.807, 2.05) is 19.2 Å². The second-order valence-corrected chi connectivity index (χ2v) is 3.48. The fourth-order valence-corrected chi connectivity index (χ4v) is 1.20. The summed E-state index contributed by atoms with van der Waals surface area (Å²) in [5.74, 6) is 0. The lowest BCUT2D eigenvalue weighted by Gasteiger charge is -2.13. The van der Waals surface area contributed by atoms with E-state index in [1.54, 1.807) is 0 Å². The van der Waals surface area contributed by atoms with Crippen LogP contribution in [0.1, 0.15) is 24.6 Å². The summed E-state index contributed by atoms with van der Waals surface area (Å²) in [5.41, 5.74) is 2.19. The highest BCUT2D eigenvalue weighted by Gasteiger charge is 2.02. The third-order valence-corrected chi connectivity index (χ3v) is 2.28. The van der Waals surface area contributed by atoms with Crippen LogP contribution in [0.2, 0.25) is 0 Å². The lowest BCUT2D eigenvalue weighted by molar-refractivity contribution is 0.238. The van der Waals surface area contributed by atoms with Gasteiger partial charge in [-0.2, -0.15) is 0 Å². The molecule has 14 heavy (non-hydrogen) atoms. The highest BCUT2D eigenvalue weighted by atomic mass is 16.3. The average Bonchev–Trinajstić information content (AvgIpc) is 2.22. The Morgan fingerprint density at radius 3 is 2.79 bits per heavy atom. The lowest BCUT2D eigenvalue weighted by atomic mass is 10.2. The van der Waals surface area contributed by atoms with Crippen LogP contribution in [-0.4, -0.2) is 22.7 Å². The SMILES string of the molecule is CC[C@H](CO)NCc1ccc(C)nc1. The van der Waals surface area contributed by atoms with Gasteiger partial charge in [-0.3, -0.25) is 4.98 Å². The minimum atomic E-state index is 0.190. The molecule has 1 heterocycles. The first-order valence-corrected chi connectivity index (χ1v) is 5.02. The fraction of sp³-hybridized carbons (Fsp3) is 0.545. The van der Waals surface area contributed by atoms with Gasteiger partial charge in [-0.25, -0.2) is 0 Å². The van der Waals surface area contributed by atoms with E-state index in [9.17, 15) is 0 Å². The predicted octanol–water partition coefficient (Wildman–Crippen LogP) is 1.25. The van der Waals surface area contributed by atoms with Gasteiger partial charge >= 0.3 is 0 Å². The number of pyridine rings is 1. The molecule has 3 heteroatoms. The molecule has 0 unspecified atom stereocenters. The molecule has 1 atom stereocenters. The standard InChI is InChI=1S/C11H18N2O/c1-3-11(8-14)13-7-10-5-4-9(2)12-6-10/h4-6,11,13-14H,3,7-8H2,1-2H3/t11-/m1/s1. The summed E-state index contributed by atoms with van der Waals surface area (Å²) in [4.78, 5) is 4.21. The van der Waals surface area contributed by atoms with E-state index in [-0.39, 0.29) is 12.6 Å². The Labute approximate surface area is 85.2 Å². The van der Waals surface area contributed by atoms with Crippen LogP contribution in [0.4, 0.5) is 0 Å². The van der Waals surface area contributed by atoms with Gasteiger partial charge in [-0.05, 0) is 25.0 Å². The monoisotopic (exact) mass is 194 g/mol. The van der Waals surface area contributed by atoms with Crippen molar-refractivity contribution in [3.63, 3.8) is 0 Å². The van der Waals surface area contributed by atoms with Crippen LogP contribution in [0.15, 0.2) is 18.3 Å². The minimum absolute atomic E-state index is 0.190. The molecule has 0 fully saturated rings. The zero-order valence-corrected chi connectivity index (χ0v) is 8.83. The van der Waals surface area contributed by atoms with Gasteiger partial charge in [0.25, 0.3) is 0 Å².